The zero-order chi connectivity index (χ0) is 13.7. The van der Waals surface area contributed by atoms with Gasteiger partial charge in [0.15, 0.2) is 0 Å². The summed E-state index contributed by atoms with van der Waals surface area (Å²) in [6, 6.07) is 0. The number of hydrogen-bond donors (Lipinski definition) is 0. The second kappa shape index (κ2) is 4.57. The first kappa shape index (κ1) is 13.6. The molecule has 0 N–H and O–H groups in total. The lowest BCUT2D eigenvalue weighted by molar-refractivity contribution is -0.0492. The number of ether oxygens (including phenoxy) is 3. The van der Waals surface area contributed by atoms with E-state index in [1.807, 2.05) is 7.11 Å². The van der Waals surface area contributed by atoms with Crippen LogP contribution in [0.1, 0.15) is 46.5 Å². The molecule has 2 heterocycles. The summed E-state index contributed by atoms with van der Waals surface area (Å²) in [5, 5.41) is 0. The molecule has 1 aliphatic carbocycles. The fourth-order valence-electron chi connectivity index (χ4n) is 4.00. The van der Waals surface area contributed by atoms with Crippen molar-refractivity contribution < 1.29 is 14.2 Å². The molecule has 3 rings (SSSR count). The monoisotopic (exact) mass is 266 g/mol. The number of methoxy groups -OCH3 is 1. The van der Waals surface area contributed by atoms with Crippen LogP contribution in [0, 0.1) is 5.92 Å². The van der Waals surface area contributed by atoms with Crippen molar-refractivity contribution in [1.29, 1.82) is 0 Å². The van der Waals surface area contributed by atoms with Gasteiger partial charge in [-0.15, -0.1) is 0 Å². The van der Waals surface area contributed by atoms with E-state index in [2.05, 4.69) is 26.8 Å². The number of epoxide rings is 2. The van der Waals surface area contributed by atoms with Gasteiger partial charge in [0.25, 0.3) is 0 Å². The van der Waals surface area contributed by atoms with Crippen LogP contribution in [0.3, 0.4) is 0 Å². The molecule has 0 aromatic rings. The van der Waals surface area contributed by atoms with E-state index in [1.165, 1.54) is 18.4 Å². The van der Waals surface area contributed by atoms with E-state index in [0.717, 1.165) is 19.4 Å². The smallest absolute Gasteiger partial charge is 0.100 e. The molecule has 5 atom stereocenters. The Hall–Kier alpha value is -0.380. The van der Waals surface area contributed by atoms with E-state index < -0.39 is 0 Å². The molecule has 1 saturated carbocycles. The van der Waals surface area contributed by atoms with Gasteiger partial charge in [-0.3, -0.25) is 0 Å². The zero-order valence-corrected chi connectivity index (χ0v) is 12.6. The third kappa shape index (κ3) is 2.26. The summed E-state index contributed by atoms with van der Waals surface area (Å²) in [6.45, 7) is 7.43. The Morgan fingerprint density at radius 1 is 1.42 bits per heavy atom. The first-order valence-electron chi connectivity index (χ1n) is 7.50. The van der Waals surface area contributed by atoms with Crippen LogP contribution in [0.4, 0.5) is 0 Å². The Labute approximate surface area is 116 Å². The lowest BCUT2D eigenvalue weighted by Crippen LogP contribution is -2.48. The van der Waals surface area contributed by atoms with Gasteiger partial charge in [-0.1, -0.05) is 11.6 Å². The van der Waals surface area contributed by atoms with Crippen molar-refractivity contribution in [1.82, 2.24) is 0 Å². The summed E-state index contributed by atoms with van der Waals surface area (Å²) < 4.78 is 17.7. The van der Waals surface area contributed by atoms with Gasteiger partial charge in [-0.2, -0.15) is 0 Å². The molecule has 2 aliphatic heterocycles. The SMILES string of the molecule is CO[C@@H]1CCC[C@]2(CO2)C1[C@@]1(C)O[C@@H]1CC=C(C)C. The number of allylic oxidation sites excluding steroid dienone is 1. The molecule has 19 heavy (non-hydrogen) atoms. The van der Waals surface area contributed by atoms with Crippen molar-refractivity contribution in [2.45, 2.75) is 69.9 Å². The van der Waals surface area contributed by atoms with E-state index in [0.29, 0.717) is 12.0 Å². The lowest BCUT2D eigenvalue weighted by atomic mass is 9.69. The van der Waals surface area contributed by atoms with Gasteiger partial charge in [-0.05, 0) is 46.5 Å². The highest BCUT2D eigenvalue weighted by atomic mass is 16.6. The second-order valence-electron chi connectivity index (χ2n) is 6.81. The molecule has 3 aliphatic rings. The third-order valence-electron chi connectivity index (χ3n) is 5.18. The number of hydrogen-bond acceptors (Lipinski definition) is 3. The van der Waals surface area contributed by atoms with Gasteiger partial charge in [0.2, 0.25) is 0 Å². The molecular weight excluding hydrogens is 240 g/mol. The molecule has 0 aromatic heterocycles. The summed E-state index contributed by atoms with van der Waals surface area (Å²) >= 11 is 0. The van der Waals surface area contributed by atoms with Gasteiger partial charge >= 0.3 is 0 Å². The highest BCUT2D eigenvalue weighted by molar-refractivity contribution is 5.19. The molecule has 1 unspecified atom stereocenters. The average molecular weight is 266 g/mol. The molecule has 3 nitrogen and oxygen atoms in total. The first-order chi connectivity index (χ1) is 9.02. The van der Waals surface area contributed by atoms with Crippen LogP contribution in [-0.4, -0.2) is 37.1 Å². The zero-order valence-electron chi connectivity index (χ0n) is 12.6. The highest BCUT2D eigenvalue weighted by Crippen LogP contribution is 2.59. The molecule has 0 bridgehead atoms. The van der Waals surface area contributed by atoms with Crippen LogP contribution in [-0.2, 0) is 14.2 Å². The largest absolute Gasteiger partial charge is 0.381 e. The van der Waals surface area contributed by atoms with Gasteiger partial charge in [0, 0.05) is 13.0 Å². The van der Waals surface area contributed by atoms with Gasteiger partial charge in [0.1, 0.15) is 5.60 Å². The summed E-state index contributed by atoms with van der Waals surface area (Å²) in [6.07, 6.45) is 7.45. The second-order valence-corrected chi connectivity index (χ2v) is 6.81. The minimum atomic E-state index is -0.0520. The van der Waals surface area contributed by atoms with Crippen molar-refractivity contribution in [2.24, 2.45) is 5.92 Å². The highest BCUT2D eigenvalue weighted by Gasteiger charge is 2.70. The van der Waals surface area contributed by atoms with Gasteiger partial charge in [-0.25, -0.2) is 0 Å². The summed E-state index contributed by atoms with van der Waals surface area (Å²) in [7, 11) is 1.83. The summed E-state index contributed by atoms with van der Waals surface area (Å²) in [5.41, 5.74) is 1.37. The Morgan fingerprint density at radius 3 is 2.74 bits per heavy atom. The quantitative estimate of drug-likeness (QED) is 0.579. The Bertz CT molecular complexity index is 381. The topological polar surface area (TPSA) is 34.3 Å². The Balaban J connectivity index is 1.74. The predicted octanol–water partition coefficient (Wildman–Crippen LogP) is 3.08. The van der Waals surface area contributed by atoms with Crippen molar-refractivity contribution >= 4 is 0 Å². The van der Waals surface area contributed by atoms with E-state index in [4.69, 9.17) is 14.2 Å². The maximum atomic E-state index is 6.10. The normalized spacial score (nSPS) is 48.1. The summed E-state index contributed by atoms with van der Waals surface area (Å²) in [5.74, 6) is 0.398. The van der Waals surface area contributed by atoms with E-state index >= 15 is 0 Å². The van der Waals surface area contributed by atoms with Crippen molar-refractivity contribution in [2.75, 3.05) is 13.7 Å². The molecule has 1 spiro atoms. The lowest BCUT2D eigenvalue weighted by Gasteiger charge is -2.38. The molecule has 3 heteroatoms. The van der Waals surface area contributed by atoms with Crippen LogP contribution in [0.25, 0.3) is 0 Å². The maximum absolute atomic E-state index is 6.10. The fraction of sp³-hybridized carbons (Fsp3) is 0.875. The fourth-order valence-corrected chi connectivity index (χ4v) is 4.00. The van der Waals surface area contributed by atoms with Crippen molar-refractivity contribution in [3.63, 3.8) is 0 Å². The molecule has 0 aromatic carbocycles. The molecule has 3 fully saturated rings. The minimum Gasteiger partial charge on any atom is -0.381 e. The minimum absolute atomic E-state index is 0.0520. The van der Waals surface area contributed by atoms with Crippen LogP contribution < -0.4 is 0 Å². The van der Waals surface area contributed by atoms with E-state index in [1.54, 1.807) is 0 Å². The first-order valence-corrected chi connectivity index (χ1v) is 7.50. The van der Waals surface area contributed by atoms with Crippen molar-refractivity contribution in [3.05, 3.63) is 11.6 Å². The van der Waals surface area contributed by atoms with Gasteiger partial charge in [0.05, 0.1) is 24.4 Å². The number of rotatable bonds is 4. The van der Waals surface area contributed by atoms with Gasteiger partial charge < -0.3 is 14.2 Å². The van der Waals surface area contributed by atoms with E-state index in [-0.39, 0.29) is 17.3 Å². The summed E-state index contributed by atoms with van der Waals surface area (Å²) in [4.78, 5) is 0. The standard InChI is InChI=1S/C16H26O3/c1-11(2)7-8-13-15(3,19-13)14-12(17-4)6-5-9-16(14)10-18-16/h7,12-14H,5-6,8-10H2,1-4H3/t12-,13-,14?,15+,16+/m1/s1. The third-order valence-corrected chi connectivity index (χ3v) is 5.18. The molecule has 0 amide bonds. The average Bonchev–Trinajstić information content (AvgIpc) is 3.26. The molecule has 2 saturated heterocycles. The maximum Gasteiger partial charge on any atom is 0.100 e. The van der Waals surface area contributed by atoms with Crippen molar-refractivity contribution in [3.8, 4) is 0 Å². The molecular formula is C16H26O3. The van der Waals surface area contributed by atoms with Crippen LogP contribution in [0.5, 0.6) is 0 Å². The predicted molar refractivity (Wildman–Crippen MR) is 74.1 cm³/mol. The molecule has 0 radical (unpaired) electrons. The Kier molecular flexibility index (Phi) is 3.27. The van der Waals surface area contributed by atoms with Crippen LogP contribution in [0.2, 0.25) is 0 Å². The molecule has 108 valence electrons. The Morgan fingerprint density at radius 2 is 2.16 bits per heavy atom. The van der Waals surface area contributed by atoms with E-state index in [9.17, 15) is 0 Å². The van der Waals surface area contributed by atoms with Crippen LogP contribution in [0.15, 0.2) is 11.6 Å². The van der Waals surface area contributed by atoms with Crippen LogP contribution >= 0.6 is 0 Å².